The first-order valence-electron chi connectivity index (χ1n) is 5.02. The van der Waals surface area contributed by atoms with E-state index in [0.717, 1.165) is 12.1 Å². The van der Waals surface area contributed by atoms with Crippen LogP contribution >= 0.6 is 0 Å². The lowest BCUT2D eigenvalue weighted by Crippen LogP contribution is -2.23. The molecule has 0 aliphatic rings. The standard InChI is InChI=1S/C11H17NO3/c1-2-12-6-9(7-13)8-3-4-10(14)11(15)5-8/h3-5,9,12-15H,2,6-7H2,1H3. The Labute approximate surface area is 89.2 Å². The quantitative estimate of drug-likeness (QED) is 0.543. The van der Waals surface area contributed by atoms with Crippen molar-refractivity contribution >= 4 is 0 Å². The van der Waals surface area contributed by atoms with Crippen molar-refractivity contribution in [2.24, 2.45) is 0 Å². The summed E-state index contributed by atoms with van der Waals surface area (Å²) in [5.74, 6) is -0.349. The van der Waals surface area contributed by atoms with E-state index in [4.69, 9.17) is 5.11 Å². The molecule has 0 saturated heterocycles. The minimum Gasteiger partial charge on any atom is -0.504 e. The Morgan fingerprint density at radius 3 is 2.53 bits per heavy atom. The lowest BCUT2D eigenvalue weighted by Gasteiger charge is -2.15. The van der Waals surface area contributed by atoms with Crippen LogP contribution in [0.2, 0.25) is 0 Å². The van der Waals surface area contributed by atoms with Gasteiger partial charge in [0.2, 0.25) is 0 Å². The van der Waals surface area contributed by atoms with Crippen LogP contribution in [-0.2, 0) is 0 Å². The van der Waals surface area contributed by atoms with Crippen molar-refractivity contribution in [3.8, 4) is 11.5 Å². The van der Waals surface area contributed by atoms with Crippen molar-refractivity contribution in [3.63, 3.8) is 0 Å². The molecule has 0 saturated carbocycles. The number of aromatic hydroxyl groups is 2. The first-order valence-corrected chi connectivity index (χ1v) is 5.02. The van der Waals surface area contributed by atoms with Crippen molar-refractivity contribution in [1.82, 2.24) is 5.32 Å². The highest BCUT2D eigenvalue weighted by molar-refractivity contribution is 5.41. The van der Waals surface area contributed by atoms with E-state index in [-0.39, 0.29) is 24.0 Å². The lowest BCUT2D eigenvalue weighted by molar-refractivity contribution is 0.262. The van der Waals surface area contributed by atoms with E-state index in [1.54, 1.807) is 6.07 Å². The zero-order chi connectivity index (χ0) is 11.3. The predicted octanol–water partition coefficient (Wildman–Crippen LogP) is 0.783. The normalized spacial score (nSPS) is 12.7. The van der Waals surface area contributed by atoms with Crippen molar-refractivity contribution in [1.29, 1.82) is 0 Å². The second kappa shape index (κ2) is 5.58. The smallest absolute Gasteiger partial charge is 0.157 e. The van der Waals surface area contributed by atoms with Gasteiger partial charge in [0.1, 0.15) is 0 Å². The number of aliphatic hydroxyl groups is 1. The minimum atomic E-state index is -0.151. The summed E-state index contributed by atoms with van der Waals surface area (Å²) in [5, 5.41) is 30.8. The van der Waals surface area contributed by atoms with Gasteiger partial charge in [-0.05, 0) is 24.2 Å². The minimum absolute atomic E-state index is 0.0111. The van der Waals surface area contributed by atoms with Crippen LogP contribution in [0.25, 0.3) is 0 Å². The molecule has 1 aromatic rings. The molecular weight excluding hydrogens is 194 g/mol. The van der Waals surface area contributed by atoms with Crippen LogP contribution in [-0.4, -0.2) is 35.0 Å². The molecule has 0 aliphatic carbocycles. The first-order chi connectivity index (χ1) is 7.19. The van der Waals surface area contributed by atoms with Crippen molar-refractivity contribution < 1.29 is 15.3 Å². The molecule has 0 spiro atoms. The molecule has 4 heteroatoms. The maximum absolute atomic E-state index is 9.32. The third kappa shape index (κ3) is 3.11. The van der Waals surface area contributed by atoms with Gasteiger partial charge in [-0.3, -0.25) is 0 Å². The predicted molar refractivity (Wildman–Crippen MR) is 58.1 cm³/mol. The zero-order valence-corrected chi connectivity index (χ0v) is 8.77. The van der Waals surface area contributed by atoms with Gasteiger partial charge in [0.15, 0.2) is 11.5 Å². The van der Waals surface area contributed by atoms with Gasteiger partial charge in [0.25, 0.3) is 0 Å². The van der Waals surface area contributed by atoms with E-state index in [0.29, 0.717) is 6.54 Å². The Kier molecular flexibility index (Phi) is 4.39. The third-order valence-corrected chi connectivity index (χ3v) is 2.33. The fourth-order valence-corrected chi connectivity index (χ4v) is 1.40. The molecule has 0 heterocycles. The Balaban J connectivity index is 2.78. The fraction of sp³-hybridized carbons (Fsp3) is 0.455. The van der Waals surface area contributed by atoms with Crippen LogP contribution in [0.3, 0.4) is 0 Å². The lowest BCUT2D eigenvalue weighted by atomic mass is 9.99. The molecule has 1 unspecified atom stereocenters. The summed E-state index contributed by atoms with van der Waals surface area (Å²) >= 11 is 0. The van der Waals surface area contributed by atoms with E-state index in [9.17, 15) is 10.2 Å². The topological polar surface area (TPSA) is 72.7 Å². The molecule has 0 bridgehead atoms. The Morgan fingerprint density at radius 2 is 2.00 bits per heavy atom. The number of hydrogen-bond acceptors (Lipinski definition) is 4. The number of rotatable bonds is 5. The van der Waals surface area contributed by atoms with Crippen molar-refractivity contribution in [2.75, 3.05) is 19.7 Å². The highest BCUT2D eigenvalue weighted by atomic mass is 16.3. The Morgan fingerprint density at radius 1 is 1.27 bits per heavy atom. The molecule has 1 rings (SSSR count). The molecular formula is C11H17NO3. The number of hydrogen-bond donors (Lipinski definition) is 4. The SMILES string of the molecule is CCNCC(CO)c1ccc(O)c(O)c1. The number of likely N-dealkylation sites (N-methyl/N-ethyl adjacent to an activating group) is 1. The van der Waals surface area contributed by atoms with Gasteiger partial charge in [0, 0.05) is 12.5 Å². The summed E-state index contributed by atoms with van der Waals surface area (Å²) in [6.45, 7) is 3.48. The number of aliphatic hydroxyl groups excluding tert-OH is 1. The van der Waals surface area contributed by atoms with E-state index < -0.39 is 0 Å². The molecule has 0 aromatic heterocycles. The highest BCUT2D eigenvalue weighted by Crippen LogP contribution is 2.28. The number of nitrogens with one attached hydrogen (secondary N) is 1. The van der Waals surface area contributed by atoms with Gasteiger partial charge in [-0.2, -0.15) is 0 Å². The first kappa shape index (κ1) is 11.8. The monoisotopic (exact) mass is 211 g/mol. The van der Waals surface area contributed by atoms with Gasteiger partial charge < -0.3 is 20.6 Å². The molecule has 84 valence electrons. The average Bonchev–Trinajstić information content (AvgIpc) is 2.24. The summed E-state index contributed by atoms with van der Waals surface area (Å²) in [5.41, 5.74) is 0.814. The van der Waals surface area contributed by atoms with Crippen LogP contribution in [0.1, 0.15) is 18.4 Å². The number of phenols is 2. The third-order valence-electron chi connectivity index (χ3n) is 2.33. The summed E-state index contributed by atoms with van der Waals surface area (Å²) in [6, 6.07) is 4.61. The van der Waals surface area contributed by atoms with Crippen LogP contribution in [0.4, 0.5) is 0 Å². The molecule has 4 N–H and O–H groups in total. The maximum atomic E-state index is 9.32. The van der Waals surface area contributed by atoms with Gasteiger partial charge >= 0.3 is 0 Å². The molecule has 0 radical (unpaired) electrons. The van der Waals surface area contributed by atoms with E-state index in [1.165, 1.54) is 12.1 Å². The van der Waals surface area contributed by atoms with Gasteiger partial charge in [-0.1, -0.05) is 13.0 Å². The van der Waals surface area contributed by atoms with Crippen molar-refractivity contribution in [2.45, 2.75) is 12.8 Å². The molecule has 1 atom stereocenters. The maximum Gasteiger partial charge on any atom is 0.157 e. The zero-order valence-electron chi connectivity index (χ0n) is 8.77. The summed E-state index contributed by atoms with van der Waals surface area (Å²) < 4.78 is 0. The molecule has 4 nitrogen and oxygen atoms in total. The summed E-state index contributed by atoms with van der Waals surface area (Å²) in [4.78, 5) is 0. The van der Waals surface area contributed by atoms with Gasteiger partial charge in [-0.25, -0.2) is 0 Å². The fourth-order valence-electron chi connectivity index (χ4n) is 1.40. The number of benzene rings is 1. The van der Waals surface area contributed by atoms with E-state index in [2.05, 4.69) is 5.32 Å². The van der Waals surface area contributed by atoms with Crippen LogP contribution in [0.15, 0.2) is 18.2 Å². The average molecular weight is 211 g/mol. The molecule has 1 aromatic carbocycles. The van der Waals surface area contributed by atoms with Crippen molar-refractivity contribution in [3.05, 3.63) is 23.8 Å². The van der Waals surface area contributed by atoms with Crippen LogP contribution in [0, 0.1) is 0 Å². The van der Waals surface area contributed by atoms with Gasteiger partial charge in [0.05, 0.1) is 6.61 Å². The largest absolute Gasteiger partial charge is 0.504 e. The Bertz CT molecular complexity index is 315. The number of phenolic OH excluding ortho intramolecular Hbond substituents is 2. The second-order valence-corrected chi connectivity index (χ2v) is 3.44. The van der Waals surface area contributed by atoms with E-state index in [1.807, 2.05) is 6.92 Å². The molecule has 15 heavy (non-hydrogen) atoms. The second-order valence-electron chi connectivity index (χ2n) is 3.44. The van der Waals surface area contributed by atoms with Crippen LogP contribution < -0.4 is 5.32 Å². The summed E-state index contributed by atoms with van der Waals surface area (Å²) in [6.07, 6.45) is 0. The van der Waals surface area contributed by atoms with Crippen LogP contribution in [0.5, 0.6) is 11.5 Å². The molecule has 0 fully saturated rings. The highest BCUT2D eigenvalue weighted by Gasteiger charge is 2.11. The van der Waals surface area contributed by atoms with Gasteiger partial charge in [-0.15, -0.1) is 0 Å². The molecule has 0 aliphatic heterocycles. The molecule has 0 amide bonds. The summed E-state index contributed by atoms with van der Waals surface area (Å²) in [7, 11) is 0. The van der Waals surface area contributed by atoms with E-state index >= 15 is 0 Å². The Hall–Kier alpha value is -1.26.